The summed E-state index contributed by atoms with van der Waals surface area (Å²) in [6.07, 6.45) is 1.82. The Labute approximate surface area is 141 Å². The number of piperazine rings is 1. The van der Waals surface area contributed by atoms with E-state index in [2.05, 4.69) is 57.0 Å². The molecule has 124 valence electrons. The molecule has 0 N–H and O–H groups in total. The van der Waals surface area contributed by atoms with Crippen molar-refractivity contribution in [3.8, 4) is 0 Å². The number of aromatic nitrogens is 4. The van der Waals surface area contributed by atoms with Crippen molar-refractivity contribution in [3.05, 3.63) is 47.5 Å². The third-order valence-corrected chi connectivity index (χ3v) is 4.98. The van der Waals surface area contributed by atoms with Crippen LogP contribution >= 0.6 is 0 Å². The Bertz CT molecular complexity index is 876. The molecule has 1 aromatic carbocycles. The van der Waals surface area contributed by atoms with Crippen LogP contribution < -0.4 is 9.80 Å². The van der Waals surface area contributed by atoms with Crippen molar-refractivity contribution < 1.29 is 0 Å². The Morgan fingerprint density at radius 3 is 2.46 bits per heavy atom. The monoisotopic (exact) mass is 322 g/mol. The molecule has 0 aliphatic carbocycles. The topological polar surface area (TPSA) is 49.6 Å². The van der Waals surface area contributed by atoms with E-state index in [1.54, 1.807) is 0 Å². The molecular weight excluding hydrogens is 300 g/mol. The SMILES string of the molecule is Cc1cccc(N2CCN(c3cc4nnc(C)n4cn3)CC2)c1C. The third-order valence-electron chi connectivity index (χ3n) is 4.98. The van der Waals surface area contributed by atoms with Crippen molar-refractivity contribution in [1.82, 2.24) is 19.6 Å². The van der Waals surface area contributed by atoms with Gasteiger partial charge < -0.3 is 9.80 Å². The fourth-order valence-electron chi connectivity index (χ4n) is 3.32. The van der Waals surface area contributed by atoms with Crippen LogP contribution in [0.15, 0.2) is 30.6 Å². The molecule has 0 radical (unpaired) electrons. The molecule has 4 rings (SSSR count). The molecule has 0 amide bonds. The molecule has 1 fully saturated rings. The van der Waals surface area contributed by atoms with E-state index < -0.39 is 0 Å². The second-order valence-electron chi connectivity index (χ2n) is 6.42. The molecule has 3 heterocycles. The maximum Gasteiger partial charge on any atom is 0.165 e. The molecular formula is C18H22N6. The summed E-state index contributed by atoms with van der Waals surface area (Å²) in [5.41, 5.74) is 4.94. The van der Waals surface area contributed by atoms with Gasteiger partial charge in [-0.3, -0.25) is 4.40 Å². The van der Waals surface area contributed by atoms with Gasteiger partial charge in [-0.15, -0.1) is 10.2 Å². The van der Waals surface area contributed by atoms with E-state index in [0.717, 1.165) is 43.5 Å². The first-order chi connectivity index (χ1) is 11.6. The number of hydrogen-bond donors (Lipinski definition) is 0. The van der Waals surface area contributed by atoms with E-state index in [-0.39, 0.29) is 0 Å². The summed E-state index contributed by atoms with van der Waals surface area (Å²) in [4.78, 5) is 9.38. The van der Waals surface area contributed by atoms with Crippen molar-refractivity contribution in [1.29, 1.82) is 0 Å². The summed E-state index contributed by atoms with van der Waals surface area (Å²) in [5, 5.41) is 8.29. The Hall–Kier alpha value is -2.63. The molecule has 1 saturated heterocycles. The Morgan fingerprint density at radius 1 is 0.917 bits per heavy atom. The maximum atomic E-state index is 4.58. The van der Waals surface area contributed by atoms with Gasteiger partial charge in [-0.25, -0.2) is 4.98 Å². The number of fused-ring (bicyclic) bond motifs is 1. The summed E-state index contributed by atoms with van der Waals surface area (Å²) < 4.78 is 1.91. The number of aryl methyl sites for hydroxylation is 2. The van der Waals surface area contributed by atoms with Crippen LogP contribution in [0.5, 0.6) is 0 Å². The summed E-state index contributed by atoms with van der Waals surface area (Å²) in [7, 11) is 0. The molecule has 0 unspecified atom stereocenters. The lowest BCUT2D eigenvalue weighted by atomic mass is 10.1. The van der Waals surface area contributed by atoms with Crippen LogP contribution in [0.3, 0.4) is 0 Å². The van der Waals surface area contributed by atoms with Gasteiger partial charge in [0.2, 0.25) is 0 Å². The zero-order valence-electron chi connectivity index (χ0n) is 14.4. The summed E-state index contributed by atoms with van der Waals surface area (Å²) in [6.45, 7) is 10.2. The molecule has 6 nitrogen and oxygen atoms in total. The number of rotatable bonds is 2. The maximum absolute atomic E-state index is 4.58. The number of hydrogen-bond acceptors (Lipinski definition) is 5. The number of nitrogens with zero attached hydrogens (tertiary/aromatic N) is 6. The summed E-state index contributed by atoms with van der Waals surface area (Å²) in [5.74, 6) is 1.85. The second-order valence-corrected chi connectivity index (χ2v) is 6.42. The Kier molecular flexibility index (Phi) is 3.59. The predicted molar refractivity (Wildman–Crippen MR) is 95.9 cm³/mol. The van der Waals surface area contributed by atoms with Crippen LogP contribution in [0.4, 0.5) is 11.5 Å². The quantitative estimate of drug-likeness (QED) is 0.725. The van der Waals surface area contributed by atoms with Gasteiger partial charge in [-0.05, 0) is 38.0 Å². The van der Waals surface area contributed by atoms with E-state index in [1.165, 1.54) is 16.8 Å². The normalized spacial score (nSPS) is 15.3. The van der Waals surface area contributed by atoms with Crippen molar-refractivity contribution in [2.75, 3.05) is 36.0 Å². The largest absolute Gasteiger partial charge is 0.368 e. The van der Waals surface area contributed by atoms with Crippen LogP contribution in [-0.4, -0.2) is 45.8 Å². The average molecular weight is 322 g/mol. The minimum atomic E-state index is 0.856. The molecule has 1 aliphatic rings. The lowest BCUT2D eigenvalue weighted by molar-refractivity contribution is 0.645. The molecule has 24 heavy (non-hydrogen) atoms. The fraction of sp³-hybridized carbons (Fsp3) is 0.389. The van der Waals surface area contributed by atoms with Gasteiger partial charge in [0.15, 0.2) is 5.65 Å². The molecule has 0 atom stereocenters. The standard InChI is InChI=1S/C18H22N6/c1-13-5-4-6-16(14(13)2)22-7-9-23(10-8-22)17-11-18-21-20-15(3)24(18)12-19-17/h4-6,11-12H,7-10H2,1-3H3. The van der Waals surface area contributed by atoms with Crippen LogP contribution in [0.25, 0.3) is 5.65 Å². The van der Waals surface area contributed by atoms with Gasteiger partial charge in [-0.2, -0.15) is 0 Å². The molecule has 3 aromatic rings. The minimum Gasteiger partial charge on any atom is -0.368 e. The van der Waals surface area contributed by atoms with Gasteiger partial charge in [0.1, 0.15) is 18.0 Å². The van der Waals surface area contributed by atoms with E-state index in [4.69, 9.17) is 0 Å². The lowest BCUT2D eigenvalue weighted by Gasteiger charge is -2.37. The fourth-order valence-corrected chi connectivity index (χ4v) is 3.32. The highest BCUT2D eigenvalue weighted by Crippen LogP contribution is 2.25. The van der Waals surface area contributed by atoms with Gasteiger partial charge in [0.05, 0.1) is 0 Å². The predicted octanol–water partition coefficient (Wildman–Crippen LogP) is 2.38. The van der Waals surface area contributed by atoms with Gasteiger partial charge in [0.25, 0.3) is 0 Å². The molecule has 0 bridgehead atoms. The molecule has 2 aromatic heterocycles. The van der Waals surface area contributed by atoms with Crippen LogP contribution in [0.1, 0.15) is 17.0 Å². The summed E-state index contributed by atoms with van der Waals surface area (Å²) >= 11 is 0. The van der Waals surface area contributed by atoms with Gasteiger partial charge >= 0.3 is 0 Å². The Balaban J connectivity index is 1.51. The first-order valence-electron chi connectivity index (χ1n) is 8.37. The van der Waals surface area contributed by atoms with Crippen molar-refractivity contribution >= 4 is 17.2 Å². The van der Waals surface area contributed by atoms with E-state index in [9.17, 15) is 0 Å². The van der Waals surface area contributed by atoms with Crippen LogP contribution in [0.2, 0.25) is 0 Å². The van der Waals surface area contributed by atoms with E-state index in [1.807, 2.05) is 23.7 Å². The average Bonchev–Trinajstić information content (AvgIpc) is 2.98. The zero-order chi connectivity index (χ0) is 16.7. The van der Waals surface area contributed by atoms with Crippen LogP contribution in [0, 0.1) is 20.8 Å². The highest BCUT2D eigenvalue weighted by molar-refractivity contribution is 5.58. The number of anilines is 2. The highest BCUT2D eigenvalue weighted by atomic mass is 15.3. The van der Waals surface area contributed by atoms with Crippen LogP contribution in [-0.2, 0) is 0 Å². The molecule has 1 aliphatic heterocycles. The third kappa shape index (κ3) is 2.48. The first kappa shape index (κ1) is 14.9. The lowest BCUT2D eigenvalue weighted by Crippen LogP contribution is -2.47. The molecule has 6 heteroatoms. The Morgan fingerprint density at radius 2 is 1.67 bits per heavy atom. The molecule has 0 saturated carbocycles. The van der Waals surface area contributed by atoms with E-state index in [0.29, 0.717) is 0 Å². The summed E-state index contributed by atoms with van der Waals surface area (Å²) in [6, 6.07) is 8.57. The van der Waals surface area contributed by atoms with Gasteiger partial charge in [0, 0.05) is 37.9 Å². The molecule has 0 spiro atoms. The van der Waals surface area contributed by atoms with Crippen molar-refractivity contribution in [3.63, 3.8) is 0 Å². The minimum absolute atomic E-state index is 0.856. The zero-order valence-corrected chi connectivity index (χ0v) is 14.4. The van der Waals surface area contributed by atoms with Gasteiger partial charge in [-0.1, -0.05) is 12.1 Å². The number of benzene rings is 1. The second kappa shape index (κ2) is 5.78. The van der Waals surface area contributed by atoms with E-state index >= 15 is 0 Å². The smallest absolute Gasteiger partial charge is 0.165 e. The highest BCUT2D eigenvalue weighted by Gasteiger charge is 2.20. The van der Waals surface area contributed by atoms with Crippen molar-refractivity contribution in [2.24, 2.45) is 0 Å². The van der Waals surface area contributed by atoms with Crippen molar-refractivity contribution in [2.45, 2.75) is 20.8 Å². The first-order valence-corrected chi connectivity index (χ1v) is 8.37.